The summed E-state index contributed by atoms with van der Waals surface area (Å²) in [6.07, 6.45) is 0.764. The zero-order valence-electron chi connectivity index (χ0n) is 13.3. The molecule has 1 saturated heterocycles. The molecule has 0 saturated carbocycles. The first kappa shape index (κ1) is 17.2. The molecule has 23 heavy (non-hydrogen) atoms. The minimum absolute atomic E-state index is 0.0349. The molecule has 1 aromatic carbocycles. The van der Waals surface area contributed by atoms with Crippen molar-refractivity contribution in [3.05, 3.63) is 30.1 Å². The molecule has 1 heterocycles. The number of nitrogens with zero attached hydrogens (tertiary/aromatic N) is 1. The van der Waals surface area contributed by atoms with Crippen molar-refractivity contribution in [2.75, 3.05) is 25.0 Å². The number of urea groups is 1. The first-order valence-electron chi connectivity index (χ1n) is 7.73. The van der Waals surface area contributed by atoms with E-state index in [9.17, 15) is 14.0 Å². The number of halogens is 1. The number of carbonyl (C=O) groups excluding carboxylic acids is 2. The van der Waals surface area contributed by atoms with Gasteiger partial charge < -0.3 is 15.4 Å². The lowest BCUT2D eigenvalue weighted by Gasteiger charge is -2.22. The van der Waals surface area contributed by atoms with E-state index in [2.05, 4.69) is 10.6 Å². The van der Waals surface area contributed by atoms with Gasteiger partial charge in [0.15, 0.2) is 0 Å². The van der Waals surface area contributed by atoms with Gasteiger partial charge in [-0.05, 0) is 44.5 Å². The van der Waals surface area contributed by atoms with Crippen molar-refractivity contribution in [3.8, 4) is 0 Å². The van der Waals surface area contributed by atoms with Crippen LogP contribution in [0.1, 0.15) is 20.3 Å². The maximum atomic E-state index is 12.8. The highest BCUT2D eigenvalue weighted by Gasteiger charge is 2.31. The number of ether oxygens (including phenoxy) is 1. The van der Waals surface area contributed by atoms with E-state index in [-0.39, 0.29) is 29.9 Å². The van der Waals surface area contributed by atoms with Crippen molar-refractivity contribution in [3.63, 3.8) is 0 Å². The zero-order chi connectivity index (χ0) is 16.8. The van der Waals surface area contributed by atoms with E-state index >= 15 is 0 Å². The van der Waals surface area contributed by atoms with E-state index in [1.54, 1.807) is 13.8 Å². The number of nitrogens with one attached hydrogen (secondary N) is 2. The number of esters is 1. The van der Waals surface area contributed by atoms with Crippen LogP contribution in [0.5, 0.6) is 0 Å². The molecule has 6 nitrogen and oxygen atoms in total. The average Bonchev–Trinajstić information content (AvgIpc) is 2.97. The van der Waals surface area contributed by atoms with Crippen LogP contribution in [-0.4, -0.2) is 48.7 Å². The highest BCUT2D eigenvalue weighted by molar-refractivity contribution is 5.89. The van der Waals surface area contributed by atoms with E-state index < -0.39 is 0 Å². The van der Waals surface area contributed by atoms with E-state index in [1.807, 2.05) is 4.90 Å². The molecule has 1 aromatic rings. The second-order valence-electron chi connectivity index (χ2n) is 5.51. The van der Waals surface area contributed by atoms with Gasteiger partial charge in [-0.2, -0.15) is 0 Å². The molecule has 1 aliphatic heterocycles. The first-order chi connectivity index (χ1) is 11.0. The molecule has 0 bridgehead atoms. The standard InChI is InChI=1S/C16H22FN3O3/c1-3-23-15(21)11(2)20-9-8-14(10-20)19-16(22)18-13-6-4-12(17)5-7-13/h4-7,11,14H,3,8-10H2,1-2H3,(H2,18,19,22). The number of amides is 2. The van der Waals surface area contributed by atoms with Gasteiger partial charge in [-0.15, -0.1) is 0 Å². The number of benzene rings is 1. The van der Waals surface area contributed by atoms with Gasteiger partial charge in [-0.1, -0.05) is 0 Å². The maximum Gasteiger partial charge on any atom is 0.323 e. The fraction of sp³-hybridized carbons (Fsp3) is 0.500. The Bertz CT molecular complexity index is 550. The number of hydrogen-bond acceptors (Lipinski definition) is 4. The Hall–Kier alpha value is -2.15. The van der Waals surface area contributed by atoms with Crippen LogP contribution in [0.3, 0.4) is 0 Å². The van der Waals surface area contributed by atoms with Gasteiger partial charge in [-0.3, -0.25) is 9.69 Å². The molecular formula is C16H22FN3O3. The molecule has 2 atom stereocenters. The fourth-order valence-electron chi connectivity index (χ4n) is 2.55. The lowest BCUT2D eigenvalue weighted by Crippen LogP contribution is -2.43. The van der Waals surface area contributed by atoms with Crippen LogP contribution >= 0.6 is 0 Å². The van der Waals surface area contributed by atoms with E-state index in [0.717, 1.165) is 13.0 Å². The van der Waals surface area contributed by atoms with Crippen LogP contribution in [0, 0.1) is 5.82 Å². The van der Waals surface area contributed by atoms with Gasteiger partial charge in [0.25, 0.3) is 0 Å². The lowest BCUT2D eigenvalue weighted by molar-refractivity contribution is -0.148. The van der Waals surface area contributed by atoms with Gasteiger partial charge in [-0.25, -0.2) is 9.18 Å². The van der Waals surface area contributed by atoms with Crippen LogP contribution in [0.15, 0.2) is 24.3 Å². The molecule has 2 N–H and O–H groups in total. The van der Waals surface area contributed by atoms with Crippen LogP contribution < -0.4 is 10.6 Å². The third kappa shape index (κ3) is 4.92. The molecule has 2 amide bonds. The number of anilines is 1. The van der Waals surface area contributed by atoms with E-state index in [4.69, 9.17) is 4.74 Å². The number of hydrogen-bond donors (Lipinski definition) is 2. The first-order valence-corrected chi connectivity index (χ1v) is 7.73. The Morgan fingerprint density at radius 1 is 1.39 bits per heavy atom. The summed E-state index contributed by atoms with van der Waals surface area (Å²) in [6, 6.07) is 4.88. The van der Waals surface area contributed by atoms with Crippen molar-refractivity contribution >= 4 is 17.7 Å². The quantitative estimate of drug-likeness (QED) is 0.813. The minimum Gasteiger partial charge on any atom is -0.465 e. The third-order valence-electron chi connectivity index (χ3n) is 3.83. The molecule has 1 fully saturated rings. The Balaban J connectivity index is 1.79. The Kier molecular flexibility index (Phi) is 5.92. The Labute approximate surface area is 135 Å². The fourth-order valence-corrected chi connectivity index (χ4v) is 2.55. The molecule has 2 unspecified atom stereocenters. The molecule has 0 spiro atoms. The predicted molar refractivity (Wildman–Crippen MR) is 84.6 cm³/mol. The van der Waals surface area contributed by atoms with Crippen molar-refractivity contribution in [1.82, 2.24) is 10.2 Å². The Morgan fingerprint density at radius 3 is 2.74 bits per heavy atom. The van der Waals surface area contributed by atoms with Gasteiger partial charge >= 0.3 is 12.0 Å². The lowest BCUT2D eigenvalue weighted by atomic mass is 10.2. The second kappa shape index (κ2) is 7.92. The molecular weight excluding hydrogens is 301 g/mol. The molecule has 2 rings (SSSR count). The van der Waals surface area contributed by atoms with E-state index in [1.165, 1.54) is 24.3 Å². The van der Waals surface area contributed by atoms with Crippen molar-refractivity contribution < 1.29 is 18.7 Å². The third-order valence-corrected chi connectivity index (χ3v) is 3.83. The number of likely N-dealkylation sites (tertiary alicyclic amines) is 1. The SMILES string of the molecule is CCOC(=O)C(C)N1CCC(NC(=O)Nc2ccc(F)cc2)C1. The van der Waals surface area contributed by atoms with Crippen LogP contribution in [0.2, 0.25) is 0 Å². The van der Waals surface area contributed by atoms with Gasteiger partial charge in [0.1, 0.15) is 11.9 Å². The topological polar surface area (TPSA) is 70.7 Å². The predicted octanol–water partition coefficient (Wildman–Crippen LogP) is 1.97. The number of rotatable bonds is 5. The summed E-state index contributed by atoms with van der Waals surface area (Å²) in [5.41, 5.74) is 0.527. The average molecular weight is 323 g/mol. The molecule has 7 heteroatoms. The van der Waals surface area contributed by atoms with Crippen LogP contribution in [-0.2, 0) is 9.53 Å². The maximum absolute atomic E-state index is 12.8. The Morgan fingerprint density at radius 2 is 2.09 bits per heavy atom. The summed E-state index contributed by atoms with van der Waals surface area (Å²) in [6.45, 7) is 5.26. The smallest absolute Gasteiger partial charge is 0.323 e. The van der Waals surface area contributed by atoms with Crippen molar-refractivity contribution in [1.29, 1.82) is 0 Å². The second-order valence-corrected chi connectivity index (χ2v) is 5.51. The van der Waals surface area contributed by atoms with Crippen molar-refractivity contribution in [2.24, 2.45) is 0 Å². The van der Waals surface area contributed by atoms with E-state index in [0.29, 0.717) is 18.8 Å². The summed E-state index contributed by atoms with van der Waals surface area (Å²) in [4.78, 5) is 25.7. The summed E-state index contributed by atoms with van der Waals surface area (Å²) in [5.74, 6) is -0.598. The summed E-state index contributed by atoms with van der Waals surface area (Å²) in [5, 5.41) is 5.52. The molecule has 0 aliphatic carbocycles. The molecule has 0 radical (unpaired) electrons. The molecule has 1 aliphatic rings. The van der Waals surface area contributed by atoms with Crippen LogP contribution in [0.25, 0.3) is 0 Å². The van der Waals surface area contributed by atoms with Gasteiger partial charge in [0, 0.05) is 24.8 Å². The molecule has 0 aromatic heterocycles. The summed E-state index contributed by atoms with van der Waals surface area (Å²) < 4.78 is 17.8. The minimum atomic E-state index is -0.352. The van der Waals surface area contributed by atoms with Crippen molar-refractivity contribution in [2.45, 2.75) is 32.4 Å². The normalized spacial score (nSPS) is 19.2. The highest BCUT2D eigenvalue weighted by atomic mass is 19.1. The highest BCUT2D eigenvalue weighted by Crippen LogP contribution is 2.14. The largest absolute Gasteiger partial charge is 0.465 e. The zero-order valence-corrected chi connectivity index (χ0v) is 13.3. The monoisotopic (exact) mass is 323 g/mol. The van der Waals surface area contributed by atoms with Crippen LogP contribution in [0.4, 0.5) is 14.9 Å². The van der Waals surface area contributed by atoms with Gasteiger partial charge in [0.05, 0.1) is 6.61 Å². The summed E-state index contributed by atoms with van der Waals surface area (Å²) in [7, 11) is 0. The summed E-state index contributed by atoms with van der Waals surface area (Å²) >= 11 is 0. The molecule has 126 valence electrons. The van der Waals surface area contributed by atoms with Gasteiger partial charge in [0.2, 0.25) is 0 Å². The number of carbonyl (C=O) groups is 2.